The molecular formula is C28H24N2O2S. The van der Waals surface area contributed by atoms with Gasteiger partial charge in [-0.25, -0.2) is 0 Å². The number of hydrogen-bond acceptors (Lipinski definition) is 3. The average Bonchev–Trinajstić information content (AvgIpc) is 2.86. The van der Waals surface area contributed by atoms with Crippen molar-refractivity contribution in [3.05, 3.63) is 120 Å². The van der Waals surface area contributed by atoms with Gasteiger partial charge < -0.3 is 10.1 Å². The van der Waals surface area contributed by atoms with Crippen molar-refractivity contribution in [3.63, 3.8) is 0 Å². The lowest BCUT2D eigenvalue weighted by molar-refractivity contribution is 0.0977. The van der Waals surface area contributed by atoms with Crippen LogP contribution in [0.15, 0.2) is 109 Å². The summed E-state index contributed by atoms with van der Waals surface area (Å²) in [5, 5.41) is 5.99. The molecule has 4 rings (SSSR count). The van der Waals surface area contributed by atoms with Crippen molar-refractivity contribution in [3.8, 4) is 16.9 Å². The van der Waals surface area contributed by atoms with Crippen LogP contribution in [-0.2, 0) is 6.42 Å². The molecule has 0 aliphatic heterocycles. The second-order valence-corrected chi connectivity index (χ2v) is 7.87. The van der Waals surface area contributed by atoms with E-state index in [1.54, 1.807) is 12.1 Å². The maximum absolute atomic E-state index is 12.5. The molecule has 0 saturated heterocycles. The van der Waals surface area contributed by atoms with Crippen LogP contribution in [-0.4, -0.2) is 17.6 Å². The lowest BCUT2D eigenvalue weighted by atomic mass is 10.0. The van der Waals surface area contributed by atoms with Crippen molar-refractivity contribution in [2.75, 3.05) is 11.9 Å². The lowest BCUT2D eigenvalue weighted by Crippen LogP contribution is -2.34. The predicted molar refractivity (Wildman–Crippen MR) is 138 cm³/mol. The second kappa shape index (κ2) is 11.1. The normalized spacial score (nSPS) is 10.3. The molecule has 0 atom stereocenters. The first-order valence-electron chi connectivity index (χ1n) is 10.7. The highest BCUT2D eigenvalue weighted by Crippen LogP contribution is 2.19. The fourth-order valence-electron chi connectivity index (χ4n) is 3.35. The molecule has 0 unspecified atom stereocenters. The zero-order valence-corrected chi connectivity index (χ0v) is 18.8. The Balaban J connectivity index is 1.25. The summed E-state index contributed by atoms with van der Waals surface area (Å²) >= 11 is 5.30. The van der Waals surface area contributed by atoms with Crippen molar-refractivity contribution in [1.29, 1.82) is 0 Å². The van der Waals surface area contributed by atoms with Crippen LogP contribution in [0.2, 0.25) is 0 Å². The van der Waals surface area contributed by atoms with E-state index in [-0.39, 0.29) is 11.0 Å². The van der Waals surface area contributed by atoms with E-state index in [9.17, 15) is 4.79 Å². The topological polar surface area (TPSA) is 50.4 Å². The molecule has 0 aliphatic rings. The highest BCUT2D eigenvalue weighted by molar-refractivity contribution is 7.80. The van der Waals surface area contributed by atoms with Crippen LogP contribution >= 0.6 is 12.2 Å². The minimum absolute atomic E-state index is 0.241. The Kier molecular flexibility index (Phi) is 7.46. The van der Waals surface area contributed by atoms with Gasteiger partial charge in [0.05, 0.1) is 6.61 Å². The van der Waals surface area contributed by atoms with Crippen molar-refractivity contribution in [2.24, 2.45) is 0 Å². The third kappa shape index (κ3) is 6.51. The smallest absolute Gasteiger partial charge is 0.257 e. The Morgan fingerprint density at radius 3 is 2.00 bits per heavy atom. The van der Waals surface area contributed by atoms with Gasteiger partial charge in [0.2, 0.25) is 0 Å². The van der Waals surface area contributed by atoms with Gasteiger partial charge in [-0.1, -0.05) is 72.8 Å². The monoisotopic (exact) mass is 452 g/mol. The summed E-state index contributed by atoms with van der Waals surface area (Å²) in [7, 11) is 0. The number of hydrogen-bond donors (Lipinski definition) is 2. The molecule has 0 aliphatic carbocycles. The number of benzene rings is 4. The Morgan fingerprint density at radius 2 is 1.33 bits per heavy atom. The first kappa shape index (κ1) is 22.2. The minimum Gasteiger partial charge on any atom is -0.493 e. The molecule has 4 aromatic carbocycles. The number of anilines is 1. The summed E-state index contributed by atoms with van der Waals surface area (Å²) < 4.78 is 5.80. The summed E-state index contributed by atoms with van der Waals surface area (Å²) in [5.41, 5.74) is 4.72. The van der Waals surface area contributed by atoms with Gasteiger partial charge in [0.1, 0.15) is 5.75 Å². The van der Waals surface area contributed by atoms with Crippen LogP contribution in [0.1, 0.15) is 15.9 Å². The van der Waals surface area contributed by atoms with Crippen molar-refractivity contribution >= 4 is 28.9 Å². The van der Waals surface area contributed by atoms with E-state index in [0.717, 1.165) is 29.0 Å². The van der Waals surface area contributed by atoms with E-state index in [1.807, 2.05) is 84.9 Å². The average molecular weight is 453 g/mol. The number of amides is 1. The maximum Gasteiger partial charge on any atom is 0.257 e. The number of ether oxygens (including phenoxy) is 1. The molecule has 0 heterocycles. The first-order chi connectivity index (χ1) is 16.2. The Bertz CT molecular complexity index is 1190. The molecule has 0 aromatic heterocycles. The quantitative estimate of drug-likeness (QED) is 0.333. The van der Waals surface area contributed by atoms with Gasteiger partial charge in [-0.05, 0) is 65.3 Å². The first-order valence-corrected chi connectivity index (χ1v) is 11.1. The number of rotatable bonds is 7. The lowest BCUT2D eigenvalue weighted by Gasteiger charge is -2.11. The van der Waals surface area contributed by atoms with E-state index >= 15 is 0 Å². The van der Waals surface area contributed by atoms with Crippen LogP contribution in [0.25, 0.3) is 11.1 Å². The molecule has 4 aromatic rings. The van der Waals surface area contributed by atoms with Crippen LogP contribution in [0.4, 0.5) is 5.69 Å². The predicted octanol–water partition coefficient (Wildman–Crippen LogP) is 6.10. The molecule has 164 valence electrons. The van der Waals surface area contributed by atoms with E-state index < -0.39 is 0 Å². The summed E-state index contributed by atoms with van der Waals surface area (Å²) in [6, 6.07) is 35.2. The Labute approximate surface area is 199 Å². The summed E-state index contributed by atoms with van der Waals surface area (Å²) in [6.07, 6.45) is 0.850. The van der Waals surface area contributed by atoms with Gasteiger partial charge in [0.15, 0.2) is 5.11 Å². The maximum atomic E-state index is 12.5. The molecule has 0 saturated carbocycles. The standard InChI is InChI=1S/C28H24N2O2S/c31-27(24-13-11-23(12-14-24)22-9-5-2-6-10-22)30-28(33)29-25-15-17-26(18-16-25)32-20-19-21-7-3-1-4-8-21/h1-18H,19-20H2,(H2,29,30,31,33). The van der Waals surface area contributed by atoms with Gasteiger partial charge in [0, 0.05) is 17.7 Å². The van der Waals surface area contributed by atoms with E-state index in [0.29, 0.717) is 12.2 Å². The minimum atomic E-state index is -0.257. The number of carbonyl (C=O) groups is 1. The SMILES string of the molecule is O=C(NC(=S)Nc1ccc(OCCc2ccccc2)cc1)c1ccc(-c2ccccc2)cc1. The van der Waals surface area contributed by atoms with Crippen molar-refractivity contribution < 1.29 is 9.53 Å². The van der Waals surface area contributed by atoms with Crippen LogP contribution in [0.5, 0.6) is 5.75 Å². The van der Waals surface area contributed by atoms with Gasteiger partial charge in [-0.2, -0.15) is 0 Å². The molecule has 0 spiro atoms. The number of nitrogens with one attached hydrogen (secondary N) is 2. The van der Waals surface area contributed by atoms with Gasteiger partial charge >= 0.3 is 0 Å². The van der Waals surface area contributed by atoms with Crippen molar-refractivity contribution in [2.45, 2.75) is 6.42 Å². The highest BCUT2D eigenvalue weighted by Gasteiger charge is 2.09. The molecule has 0 radical (unpaired) electrons. The molecular weight excluding hydrogens is 428 g/mol. The van der Waals surface area contributed by atoms with Gasteiger partial charge in [0.25, 0.3) is 5.91 Å². The van der Waals surface area contributed by atoms with Gasteiger partial charge in [-0.3, -0.25) is 10.1 Å². The summed E-state index contributed by atoms with van der Waals surface area (Å²) in [6.45, 7) is 0.605. The van der Waals surface area contributed by atoms with Gasteiger partial charge in [-0.15, -0.1) is 0 Å². The summed E-state index contributed by atoms with van der Waals surface area (Å²) in [5.74, 6) is 0.526. The largest absolute Gasteiger partial charge is 0.493 e. The van der Waals surface area contributed by atoms with Crippen LogP contribution in [0, 0.1) is 0 Å². The number of thiocarbonyl (C=S) groups is 1. The fraction of sp³-hybridized carbons (Fsp3) is 0.0714. The number of carbonyl (C=O) groups excluding carboxylic acids is 1. The van der Waals surface area contributed by atoms with Crippen LogP contribution < -0.4 is 15.4 Å². The molecule has 1 amide bonds. The molecule has 2 N–H and O–H groups in total. The molecule has 0 fully saturated rings. The molecule has 5 heteroatoms. The molecule has 0 bridgehead atoms. The molecule has 4 nitrogen and oxygen atoms in total. The third-order valence-corrected chi connectivity index (χ3v) is 5.30. The fourth-order valence-corrected chi connectivity index (χ4v) is 3.56. The Hall–Kier alpha value is -3.96. The van der Waals surface area contributed by atoms with E-state index in [1.165, 1.54) is 5.56 Å². The zero-order chi connectivity index (χ0) is 22.9. The van der Waals surface area contributed by atoms with E-state index in [4.69, 9.17) is 17.0 Å². The summed E-state index contributed by atoms with van der Waals surface area (Å²) in [4.78, 5) is 12.5. The zero-order valence-electron chi connectivity index (χ0n) is 18.0. The Morgan fingerprint density at radius 1 is 0.727 bits per heavy atom. The second-order valence-electron chi connectivity index (χ2n) is 7.46. The highest BCUT2D eigenvalue weighted by atomic mass is 32.1. The van der Waals surface area contributed by atoms with E-state index in [2.05, 4.69) is 22.8 Å². The molecule has 33 heavy (non-hydrogen) atoms. The third-order valence-electron chi connectivity index (χ3n) is 5.10. The van der Waals surface area contributed by atoms with Crippen molar-refractivity contribution in [1.82, 2.24) is 5.32 Å². The van der Waals surface area contributed by atoms with Crippen LogP contribution in [0.3, 0.4) is 0 Å².